The molecule has 3 aromatic rings. The summed E-state index contributed by atoms with van der Waals surface area (Å²) in [6.45, 7) is 4.15. The van der Waals surface area contributed by atoms with Gasteiger partial charge in [-0.05, 0) is 48.7 Å². The molecule has 1 unspecified atom stereocenters. The van der Waals surface area contributed by atoms with Crippen LogP contribution in [0.25, 0.3) is 0 Å². The van der Waals surface area contributed by atoms with E-state index < -0.39 is 0 Å². The van der Waals surface area contributed by atoms with Crippen molar-refractivity contribution in [1.29, 1.82) is 0 Å². The number of para-hydroxylation sites is 1. The van der Waals surface area contributed by atoms with Gasteiger partial charge in [0.2, 0.25) is 5.91 Å². The molecule has 2 aromatic heterocycles. The maximum atomic E-state index is 12.6. The molecule has 1 N–H and O–H groups in total. The van der Waals surface area contributed by atoms with Crippen molar-refractivity contribution in [2.75, 3.05) is 31.1 Å². The van der Waals surface area contributed by atoms with Crippen molar-refractivity contribution in [2.45, 2.75) is 19.5 Å². The monoisotopic (exact) mass is 393 g/mol. The maximum absolute atomic E-state index is 12.6. The normalized spacial score (nSPS) is 16.4. The average molecular weight is 393 g/mol. The Hall–Kier alpha value is -2.99. The molecule has 29 heavy (non-hydrogen) atoms. The molecule has 1 aliphatic rings. The fourth-order valence-corrected chi connectivity index (χ4v) is 3.80. The van der Waals surface area contributed by atoms with E-state index in [4.69, 9.17) is 8.83 Å². The lowest BCUT2D eigenvalue weighted by atomic mass is 10.1. The van der Waals surface area contributed by atoms with Crippen molar-refractivity contribution in [3.63, 3.8) is 0 Å². The molecule has 0 aliphatic carbocycles. The van der Waals surface area contributed by atoms with E-state index in [0.717, 1.165) is 31.0 Å². The summed E-state index contributed by atoms with van der Waals surface area (Å²) in [6.07, 6.45) is 4.40. The molecule has 6 heteroatoms. The van der Waals surface area contributed by atoms with Crippen LogP contribution >= 0.6 is 0 Å². The molecule has 0 saturated carbocycles. The molecule has 6 nitrogen and oxygen atoms in total. The molecule has 0 radical (unpaired) electrons. The third-order valence-corrected chi connectivity index (χ3v) is 5.28. The number of rotatable bonds is 9. The van der Waals surface area contributed by atoms with Crippen LogP contribution in [0.3, 0.4) is 0 Å². The van der Waals surface area contributed by atoms with Crippen LogP contribution in [0.1, 0.15) is 17.9 Å². The molecule has 1 fully saturated rings. The van der Waals surface area contributed by atoms with Gasteiger partial charge in [-0.2, -0.15) is 0 Å². The highest BCUT2D eigenvalue weighted by atomic mass is 16.3. The summed E-state index contributed by atoms with van der Waals surface area (Å²) in [5, 5.41) is 3.12. The summed E-state index contributed by atoms with van der Waals surface area (Å²) in [4.78, 5) is 17.0. The number of hydrogen-bond acceptors (Lipinski definition) is 5. The second-order valence-corrected chi connectivity index (χ2v) is 7.54. The van der Waals surface area contributed by atoms with Crippen LogP contribution in [0, 0.1) is 5.92 Å². The van der Waals surface area contributed by atoms with Gasteiger partial charge in [0, 0.05) is 25.3 Å². The summed E-state index contributed by atoms with van der Waals surface area (Å²) in [7, 11) is 0. The number of furan rings is 2. The van der Waals surface area contributed by atoms with Crippen LogP contribution in [0.15, 0.2) is 76.0 Å². The van der Waals surface area contributed by atoms with E-state index in [1.54, 1.807) is 12.5 Å². The number of carbonyl (C=O) groups excluding carboxylic acids is 1. The van der Waals surface area contributed by atoms with E-state index in [2.05, 4.69) is 34.5 Å². The number of nitrogens with one attached hydrogen (secondary N) is 1. The lowest BCUT2D eigenvalue weighted by Gasteiger charge is -2.21. The van der Waals surface area contributed by atoms with E-state index in [1.807, 2.05) is 35.2 Å². The predicted octanol–water partition coefficient (Wildman–Crippen LogP) is 3.52. The van der Waals surface area contributed by atoms with Crippen LogP contribution in [0.2, 0.25) is 0 Å². The van der Waals surface area contributed by atoms with Gasteiger partial charge >= 0.3 is 0 Å². The quantitative estimate of drug-likeness (QED) is 0.603. The minimum atomic E-state index is 0.0290. The van der Waals surface area contributed by atoms with Crippen molar-refractivity contribution in [2.24, 2.45) is 5.92 Å². The van der Waals surface area contributed by atoms with E-state index in [9.17, 15) is 4.79 Å². The van der Waals surface area contributed by atoms with Gasteiger partial charge in [0.25, 0.3) is 0 Å². The number of carbonyl (C=O) groups is 1. The summed E-state index contributed by atoms with van der Waals surface area (Å²) in [5.74, 6) is 2.17. The van der Waals surface area contributed by atoms with Crippen molar-refractivity contribution in [3.05, 3.63) is 78.6 Å². The van der Waals surface area contributed by atoms with Crippen molar-refractivity contribution < 1.29 is 13.6 Å². The first kappa shape index (κ1) is 19.3. The molecule has 1 saturated heterocycles. The number of anilines is 1. The third kappa shape index (κ3) is 5.51. The Balaban J connectivity index is 1.26. The minimum Gasteiger partial charge on any atom is -0.468 e. The second kappa shape index (κ2) is 9.47. The van der Waals surface area contributed by atoms with Crippen LogP contribution < -0.4 is 10.2 Å². The lowest BCUT2D eigenvalue weighted by Crippen LogP contribution is -2.39. The van der Waals surface area contributed by atoms with Crippen LogP contribution in [0.5, 0.6) is 0 Å². The van der Waals surface area contributed by atoms with Crippen molar-refractivity contribution >= 4 is 11.6 Å². The summed E-state index contributed by atoms with van der Waals surface area (Å²) < 4.78 is 10.9. The minimum absolute atomic E-state index is 0.0290. The number of amides is 1. The first-order valence-corrected chi connectivity index (χ1v) is 10.1. The molecule has 0 spiro atoms. The highest BCUT2D eigenvalue weighted by Crippen LogP contribution is 2.23. The van der Waals surface area contributed by atoms with Crippen molar-refractivity contribution in [1.82, 2.24) is 10.2 Å². The topological polar surface area (TPSA) is 61.9 Å². The summed E-state index contributed by atoms with van der Waals surface area (Å²) in [5.41, 5.74) is 1.25. The zero-order valence-corrected chi connectivity index (χ0v) is 16.5. The van der Waals surface area contributed by atoms with E-state index in [1.165, 1.54) is 5.69 Å². The van der Waals surface area contributed by atoms with Crippen LogP contribution in [0.4, 0.5) is 5.69 Å². The highest BCUT2D eigenvalue weighted by molar-refractivity contribution is 5.78. The predicted molar refractivity (Wildman–Crippen MR) is 111 cm³/mol. The molecule has 4 rings (SSSR count). The molecular formula is C23H27N3O3. The van der Waals surface area contributed by atoms with E-state index in [-0.39, 0.29) is 5.91 Å². The molecule has 1 atom stereocenters. The van der Waals surface area contributed by atoms with Crippen molar-refractivity contribution in [3.8, 4) is 0 Å². The molecule has 1 amide bonds. The number of nitrogens with zero attached hydrogens (tertiary/aromatic N) is 2. The average Bonchev–Trinajstić information content (AvgIpc) is 3.50. The molecule has 152 valence electrons. The van der Waals surface area contributed by atoms with Gasteiger partial charge in [-0.25, -0.2) is 0 Å². The van der Waals surface area contributed by atoms with Crippen LogP contribution in [-0.4, -0.2) is 37.0 Å². The Morgan fingerprint density at radius 1 is 1.00 bits per heavy atom. The van der Waals surface area contributed by atoms with E-state index in [0.29, 0.717) is 32.1 Å². The Morgan fingerprint density at radius 2 is 1.69 bits per heavy atom. The summed E-state index contributed by atoms with van der Waals surface area (Å²) in [6, 6.07) is 18.0. The molecule has 1 aromatic carbocycles. The fraction of sp³-hybridized carbons (Fsp3) is 0.348. The second-order valence-electron chi connectivity index (χ2n) is 7.54. The van der Waals surface area contributed by atoms with Crippen LogP contribution in [-0.2, 0) is 17.9 Å². The Labute approximate surface area is 171 Å². The Kier molecular flexibility index (Phi) is 6.32. The standard InChI is InChI=1S/C23H27N3O3/c27-23(24-14-19-10-11-26(15-19)20-6-2-1-3-7-20)18-25(16-21-8-4-12-28-21)17-22-9-5-13-29-22/h1-9,12-13,19H,10-11,14-18H2,(H,24,27). The van der Waals surface area contributed by atoms with E-state index >= 15 is 0 Å². The highest BCUT2D eigenvalue weighted by Gasteiger charge is 2.23. The fourth-order valence-electron chi connectivity index (χ4n) is 3.80. The smallest absolute Gasteiger partial charge is 0.234 e. The third-order valence-electron chi connectivity index (χ3n) is 5.28. The zero-order chi connectivity index (χ0) is 19.9. The SMILES string of the molecule is O=C(CN(Cc1ccco1)Cc1ccco1)NCC1CCN(c2ccccc2)C1. The molecule has 1 aliphatic heterocycles. The van der Waals surface area contributed by atoms with Gasteiger partial charge in [-0.15, -0.1) is 0 Å². The Morgan fingerprint density at radius 3 is 2.31 bits per heavy atom. The van der Waals surface area contributed by atoms with Gasteiger partial charge in [0.15, 0.2) is 0 Å². The van der Waals surface area contributed by atoms with Gasteiger partial charge in [0.05, 0.1) is 32.2 Å². The van der Waals surface area contributed by atoms with Gasteiger partial charge in [-0.1, -0.05) is 18.2 Å². The van der Waals surface area contributed by atoms with Gasteiger partial charge in [0.1, 0.15) is 11.5 Å². The molecule has 3 heterocycles. The largest absolute Gasteiger partial charge is 0.468 e. The summed E-state index contributed by atoms with van der Waals surface area (Å²) >= 11 is 0. The molecule has 0 bridgehead atoms. The number of benzene rings is 1. The lowest BCUT2D eigenvalue weighted by molar-refractivity contribution is -0.122. The zero-order valence-electron chi connectivity index (χ0n) is 16.5. The first-order valence-electron chi connectivity index (χ1n) is 10.1. The molecular weight excluding hydrogens is 366 g/mol. The maximum Gasteiger partial charge on any atom is 0.234 e. The number of hydrogen-bond donors (Lipinski definition) is 1. The first-order chi connectivity index (χ1) is 14.3. The van der Waals surface area contributed by atoms with Gasteiger partial charge in [-0.3, -0.25) is 9.69 Å². The van der Waals surface area contributed by atoms with Gasteiger partial charge < -0.3 is 19.1 Å². The Bertz CT molecular complexity index is 826.